The van der Waals surface area contributed by atoms with Gasteiger partial charge in [-0.2, -0.15) is 49.2 Å². The van der Waals surface area contributed by atoms with Crippen molar-refractivity contribution in [2.75, 3.05) is 9.80 Å². The molecule has 13 aromatic carbocycles. The topological polar surface area (TPSA) is 24.9 Å². The molecule has 84 heavy (non-hydrogen) atoms. The third-order valence-electron chi connectivity index (χ3n) is 15.9. The molecular weight excluding hydrogens is 1380 g/mol. The summed E-state index contributed by atoms with van der Waals surface area (Å²) in [5.74, 6) is 1.73. The van der Waals surface area contributed by atoms with Gasteiger partial charge in [0.25, 0.3) is 0 Å². The van der Waals surface area contributed by atoms with Crippen molar-refractivity contribution in [3.8, 4) is 33.8 Å². The molecule has 0 aliphatic rings. The van der Waals surface area contributed by atoms with Gasteiger partial charge in [-0.25, -0.2) is 0 Å². The zero-order valence-corrected chi connectivity index (χ0v) is 54.1. The van der Waals surface area contributed by atoms with Crippen molar-refractivity contribution >= 4 is 98.8 Å². The largest absolute Gasteiger partial charge is 2.00 e. The molecule has 0 saturated heterocycles. The van der Waals surface area contributed by atoms with Gasteiger partial charge >= 0.3 is 39.6 Å². The molecule has 0 heterocycles. The van der Waals surface area contributed by atoms with Crippen LogP contribution < -0.4 is 19.3 Å². The molecule has 6 heteroatoms. The number of ether oxygens (including phenoxy) is 2. The summed E-state index contributed by atoms with van der Waals surface area (Å²) in [5.41, 5.74) is 11.3. The van der Waals surface area contributed by atoms with E-state index in [1.54, 1.807) is 0 Å². The van der Waals surface area contributed by atoms with E-state index < -0.39 is 0 Å². The van der Waals surface area contributed by atoms with E-state index in [0.29, 0.717) is 0 Å². The van der Waals surface area contributed by atoms with Crippen LogP contribution in [-0.2, 0) is 39.6 Å². The zero-order valence-electron chi connectivity index (χ0n) is 49.0. The summed E-state index contributed by atoms with van der Waals surface area (Å²) in [5, 5.41) is 14.9. The Kier molecular flexibility index (Phi) is 20.2. The van der Waals surface area contributed by atoms with Gasteiger partial charge in [-0.05, 0) is 163 Å². The summed E-state index contributed by atoms with van der Waals surface area (Å²) in [6.45, 7) is 20.0. The standard InChI is InChI=1S/C70H54N2O2.2C4H9.2Os/c1-5-45(3)73-53-37-33-51(34-38-53)72(52-35-39-54(40-36-52)74-46(4)6-2)62-44-42-60-66-56(62)30-20-32-58(66)68-64(48-23-13-8-14-24-48)69-59-41-43-61(71(49-25-15-9-16-26-49)50-27-17-10-18-28-50)55-29-19-31-57(65(55)59)67(69)63(70(60)68)47-21-11-7-12-22-47;2*1-3-4-2;;/h7-8,11-46H,5-6H2,1-4H3;2*1,3-4H2,2H3;;/q-2;2*-1;2*+2. The molecule has 0 aliphatic carbocycles. The monoisotopic (exact) mass is 1450 g/mol. The third-order valence-corrected chi connectivity index (χ3v) is 15.9. The van der Waals surface area contributed by atoms with Crippen molar-refractivity contribution in [2.45, 2.75) is 92.3 Å². The Morgan fingerprint density at radius 3 is 0.988 bits per heavy atom. The minimum absolute atomic E-state index is 0. The zero-order chi connectivity index (χ0) is 56.7. The molecule has 0 fully saturated rings. The maximum atomic E-state index is 6.30. The number of hydrogen-bond donors (Lipinski definition) is 0. The average Bonchev–Trinajstić information content (AvgIpc) is 1.61. The van der Waals surface area contributed by atoms with Crippen LogP contribution in [-0.4, -0.2) is 12.2 Å². The normalized spacial score (nSPS) is 11.8. The van der Waals surface area contributed by atoms with E-state index in [0.717, 1.165) is 71.3 Å². The molecule has 0 aromatic heterocycles. The Labute approximate surface area is 524 Å². The summed E-state index contributed by atoms with van der Waals surface area (Å²) in [7, 11) is 0. The minimum atomic E-state index is 0. The predicted octanol–water partition coefficient (Wildman–Crippen LogP) is 22.9. The second-order valence-electron chi connectivity index (χ2n) is 21.3. The summed E-state index contributed by atoms with van der Waals surface area (Å²) in [6.07, 6.45) is 6.68. The van der Waals surface area contributed by atoms with Crippen LogP contribution in [0.1, 0.15) is 80.1 Å². The molecule has 0 radical (unpaired) electrons. The van der Waals surface area contributed by atoms with E-state index in [2.05, 4.69) is 271 Å². The molecule has 0 N–H and O–H groups in total. The van der Waals surface area contributed by atoms with E-state index in [9.17, 15) is 0 Å². The minimum Gasteiger partial charge on any atom is -0.491 e. The van der Waals surface area contributed by atoms with E-state index in [-0.39, 0.29) is 51.8 Å². The van der Waals surface area contributed by atoms with Gasteiger partial charge in [0.1, 0.15) is 11.5 Å². The van der Waals surface area contributed by atoms with Crippen molar-refractivity contribution in [3.63, 3.8) is 0 Å². The number of nitrogens with zero attached hydrogens (tertiary/aromatic N) is 2. The van der Waals surface area contributed by atoms with Crippen LogP contribution in [0.2, 0.25) is 0 Å². The van der Waals surface area contributed by atoms with Crippen LogP contribution in [0.5, 0.6) is 11.5 Å². The van der Waals surface area contributed by atoms with Gasteiger partial charge in [0.05, 0.1) is 17.9 Å². The third kappa shape index (κ3) is 11.8. The molecule has 0 saturated carbocycles. The van der Waals surface area contributed by atoms with Crippen LogP contribution in [0.15, 0.2) is 218 Å². The quantitative estimate of drug-likeness (QED) is 0.0900. The summed E-state index contributed by atoms with van der Waals surface area (Å²) < 4.78 is 12.6. The fraction of sp³-hybridized carbons (Fsp3) is 0.179. The summed E-state index contributed by atoms with van der Waals surface area (Å²) in [6, 6.07) is 85.6. The van der Waals surface area contributed by atoms with Gasteiger partial charge in [0.2, 0.25) is 0 Å². The summed E-state index contributed by atoms with van der Waals surface area (Å²) in [4.78, 5) is 4.76. The Morgan fingerprint density at radius 2 is 0.667 bits per heavy atom. The molecule has 0 bridgehead atoms. The number of unbranched alkanes of at least 4 members (excludes halogenated alkanes) is 2. The van der Waals surface area contributed by atoms with Crippen LogP contribution in [0, 0.1) is 26.0 Å². The molecule has 13 aromatic rings. The smallest absolute Gasteiger partial charge is 0.491 e. The van der Waals surface area contributed by atoms with Crippen molar-refractivity contribution < 1.29 is 49.1 Å². The Balaban J connectivity index is 0.000000798. The molecule has 0 spiro atoms. The number of benzene rings is 11. The van der Waals surface area contributed by atoms with E-state index in [4.69, 9.17) is 9.47 Å². The van der Waals surface area contributed by atoms with Crippen LogP contribution >= 0.6 is 0 Å². The van der Waals surface area contributed by atoms with E-state index >= 15 is 0 Å². The molecule has 422 valence electrons. The van der Waals surface area contributed by atoms with Crippen LogP contribution in [0.25, 0.3) is 86.9 Å². The Hall–Kier alpha value is -7.59. The first-order chi connectivity index (χ1) is 40.3. The van der Waals surface area contributed by atoms with Crippen molar-refractivity contribution in [2.24, 2.45) is 0 Å². The van der Waals surface area contributed by atoms with Gasteiger partial charge in [0.15, 0.2) is 0 Å². The molecule has 0 amide bonds. The van der Waals surface area contributed by atoms with Crippen molar-refractivity contribution in [1.29, 1.82) is 0 Å². The van der Waals surface area contributed by atoms with Crippen LogP contribution in [0.4, 0.5) is 34.1 Å². The maximum Gasteiger partial charge on any atom is 2.00 e. The molecule has 4 nitrogen and oxygen atoms in total. The number of rotatable bonds is 16. The second kappa shape index (κ2) is 27.9. The van der Waals surface area contributed by atoms with Gasteiger partial charge < -0.3 is 33.1 Å². The number of fused-ring (bicyclic) bond motifs is 6. The van der Waals surface area contributed by atoms with E-state index in [1.165, 1.54) is 99.7 Å². The van der Waals surface area contributed by atoms with Crippen LogP contribution in [0.3, 0.4) is 0 Å². The van der Waals surface area contributed by atoms with Gasteiger partial charge in [0, 0.05) is 27.8 Å². The average molecular weight is 1450 g/mol. The fourth-order valence-electron chi connectivity index (χ4n) is 11.5. The molecule has 2 atom stereocenters. The molecule has 13 rings (SSSR count). The van der Waals surface area contributed by atoms with Gasteiger partial charge in [-0.15, -0.1) is 24.3 Å². The Morgan fingerprint density at radius 1 is 0.357 bits per heavy atom. The fourth-order valence-corrected chi connectivity index (χ4v) is 11.5. The van der Waals surface area contributed by atoms with Gasteiger partial charge in [-0.1, -0.05) is 161 Å². The number of hydrogen-bond acceptors (Lipinski definition) is 4. The van der Waals surface area contributed by atoms with E-state index in [1.807, 2.05) is 24.3 Å². The molecule has 0 aliphatic heterocycles. The SMILES string of the molecule is CCC(C)Oc1ccc(N(c2ccc(OC(C)CC)cc2)c2ccc3c4c(-c5ccccc5)c5c6cccc7c(N(c8cc[c-]cc8)c8cc[c-]cc8)ccc(c5c(-c5ccccc5)c4c4cccc2c43)c76)cc1.[CH2-]CCC.[CH2-]CCC.[Os+2].[Os+2]. The number of anilines is 6. The second-order valence-corrected chi connectivity index (χ2v) is 21.3. The summed E-state index contributed by atoms with van der Waals surface area (Å²) >= 11 is 0. The predicted molar refractivity (Wildman–Crippen MR) is 353 cm³/mol. The van der Waals surface area contributed by atoms with Gasteiger partial charge in [-0.3, -0.25) is 0 Å². The first kappa shape index (κ1) is 61.0. The first-order valence-corrected chi connectivity index (χ1v) is 29.4. The van der Waals surface area contributed by atoms with Crippen molar-refractivity contribution in [3.05, 3.63) is 244 Å². The van der Waals surface area contributed by atoms with Crippen molar-refractivity contribution in [1.82, 2.24) is 0 Å². The maximum absolute atomic E-state index is 6.30. The molecule has 2 unspecified atom stereocenters. The molecular formula is C78H72N2O2Os2. The first-order valence-electron chi connectivity index (χ1n) is 29.4. The Bertz CT molecular complexity index is 3990.